The zero-order chi connectivity index (χ0) is 10.5. The summed E-state index contributed by atoms with van der Waals surface area (Å²) in [5, 5.41) is 0. The summed E-state index contributed by atoms with van der Waals surface area (Å²) in [6, 6.07) is 0. The van der Waals surface area contributed by atoms with E-state index in [1.807, 2.05) is 4.90 Å². The van der Waals surface area contributed by atoms with E-state index in [1.54, 1.807) is 0 Å². The molecular formula is C11H18N2O2. The third-order valence-corrected chi connectivity index (χ3v) is 4.00. The zero-order valence-electron chi connectivity index (χ0n) is 8.95. The molecule has 0 aromatic carbocycles. The third-order valence-electron chi connectivity index (χ3n) is 4.00. The van der Waals surface area contributed by atoms with Gasteiger partial charge in [-0.1, -0.05) is 0 Å². The molecule has 2 heterocycles. The number of carbonyl (C=O) groups is 1. The van der Waals surface area contributed by atoms with Crippen LogP contribution in [0.2, 0.25) is 0 Å². The molecule has 4 nitrogen and oxygen atoms in total. The van der Waals surface area contributed by atoms with Crippen LogP contribution in [0.5, 0.6) is 0 Å². The van der Waals surface area contributed by atoms with E-state index < -0.39 is 5.54 Å². The number of hydrogen-bond acceptors (Lipinski definition) is 3. The summed E-state index contributed by atoms with van der Waals surface area (Å²) in [5.41, 5.74) is 5.53. The lowest BCUT2D eigenvalue weighted by atomic mass is 9.76. The molecule has 2 saturated heterocycles. The summed E-state index contributed by atoms with van der Waals surface area (Å²) >= 11 is 0. The highest BCUT2D eigenvalue weighted by Crippen LogP contribution is 2.33. The van der Waals surface area contributed by atoms with Gasteiger partial charge >= 0.3 is 0 Å². The van der Waals surface area contributed by atoms with Crippen molar-refractivity contribution in [2.24, 2.45) is 5.73 Å². The third kappa shape index (κ3) is 1.47. The quantitative estimate of drug-likeness (QED) is 0.675. The number of nitrogens with zero attached hydrogens (tertiary/aromatic N) is 1. The maximum atomic E-state index is 12.2. The van der Waals surface area contributed by atoms with Crippen LogP contribution in [-0.2, 0) is 9.53 Å². The topological polar surface area (TPSA) is 55.6 Å². The fourth-order valence-electron chi connectivity index (χ4n) is 2.87. The molecule has 0 aromatic rings. The fraction of sp³-hybridized carbons (Fsp3) is 0.909. The van der Waals surface area contributed by atoms with E-state index in [9.17, 15) is 4.79 Å². The van der Waals surface area contributed by atoms with Gasteiger partial charge < -0.3 is 15.4 Å². The molecule has 0 radical (unpaired) electrons. The van der Waals surface area contributed by atoms with Gasteiger partial charge in [0, 0.05) is 13.1 Å². The zero-order valence-corrected chi connectivity index (χ0v) is 8.95. The number of rotatable bonds is 1. The van der Waals surface area contributed by atoms with Crippen molar-refractivity contribution in [1.82, 2.24) is 4.90 Å². The first-order valence-electron chi connectivity index (χ1n) is 5.91. The lowest BCUT2D eigenvalue weighted by molar-refractivity contribution is -0.148. The van der Waals surface area contributed by atoms with Gasteiger partial charge in [-0.3, -0.25) is 4.79 Å². The first-order valence-corrected chi connectivity index (χ1v) is 5.91. The summed E-state index contributed by atoms with van der Waals surface area (Å²) < 4.78 is 5.71. The Hall–Kier alpha value is -0.610. The molecule has 4 heteroatoms. The van der Waals surface area contributed by atoms with Crippen molar-refractivity contribution in [3.05, 3.63) is 0 Å². The first-order chi connectivity index (χ1) is 7.17. The van der Waals surface area contributed by atoms with Crippen LogP contribution in [0.15, 0.2) is 0 Å². The number of likely N-dealkylation sites (tertiary alicyclic amines) is 1. The van der Waals surface area contributed by atoms with E-state index in [1.165, 1.54) is 0 Å². The molecule has 3 fully saturated rings. The van der Waals surface area contributed by atoms with Gasteiger partial charge in [0.1, 0.15) is 0 Å². The second kappa shape index (κ2) is 3.19. The smallest absolute Gasteiger partial charge is 0.242 e. The SMILES string of the molecule is NC1(C(=O)N2CC3CCC(C2)O3)CCC1. The molecule has 15 heavy (non-hydrogen) atoms. The monoisotopic (exact) mass is 210 g/mol. The van der Waals surface area contributed by atoms with E-state index in [4.69, 9.17) is 10.5 Å². The Labute approximate surface area is 89.7 Å². The molecule has 1 aliphatic carbocycles. The van der Waals surface area contributed by atoms with E-state index in [0.717, 1.165) is 45.2 Å². The molecular weight excluding hydrogens is 192 g/mol. The predicted octanol–water partition coefficient (Wildman–Crippen LogP) is 0.258. The van der Waals surface area contributed by atoms with Gasteiger partial charge in [0.25, 0.3) is 0 Å². The Kier molecular flexibility index (Phi) is 2.04. The summed E-state index contributed by atoms with van der Waals surface area (Å²) in [5.74, 6) is 0.161. The second-order valence-corrected chi connectivity index (χ2v) is 5.18. The minimum atomic E-state index is -0.531. The van der Waals surface area contributed by atoms with Crippen LogP contribution in [0.1, 0.15) is 32.1 Å². The Bertz CT molecular complexity index is 276. The molecule has 2 unspecified atom stereocenters. The lowest BCUT2D eigenvalue weighted by Crippen LogP contribution is -2.62. The van der Waals surface area contributed by atoms with Crippen molar-refractivity contribution >= 4 is 5.91 Å². The highest BCUT2D eigenvalue weighted by molar-refractivity contribution is 5.87. The molecule has 2 bridgehead atoms. The number of hydrogen-bond donors (Lipinski definition) is 1. The summed E-state index contributed by atoms with van der Waals surface area (Å²) in [6.45, 7) is 1.52. The highest BCUT2D eigenvalue weighted by Gasteiger charge is 2.45. The van der Waals surface area contributed by atoms with Crippen molar-refractivity contribution < 1.29 is 9.53 Å². The second-order valence-electron chi connectivity index (χ2n) is 5.18. The van der Waals surface area contributed by atoms with Crippen molar-refractivity contribution in [3.8, 4) is 0 Å². The normalized spacial score (nSPS) is 37.5. The summed E-state index contributed by atoms with van der Waals surface area (Å²) in [6.07, 6.45) is 5.57. The predicted molar refractivity (Wildman–Crippen MR) is 55.2 cm³/mol. The number of morpholine rings is 1. The molecule has 84 valence electrons. The minimum absolute atomic E-state index is 0.161. The standard InChI is InChI=1S/C11H18N2O2/c12-11(4-1-5-11)10(14)13-6-8-2-3-9(7-13)15-8/h8-9H,1-7,12H2. The summed E-state index contributed by atoms with van der Waals surface area (Å²) in [4.78, 5) is 14.1. The number of carbonyl (C=O) groups excluding carboxylic acids is 1. The average Bonchev–Trinajstić information content (AvgIpc) is 2.53. The molecule has 1 saturated carbocycles. The molecule has 2 N–H and O–H groups in total. The number of nitrogens with two attached hydrogens (primary N) is 1. The van der Waals surface area contributed by atoms with Crippen LogP contribution >= 0.6 is 0 Å². The summed E-state index contributed by atoms with van der Waals surface area (Å²) in [7, 11) is 0. The van der Waals surface area contributed by atoms with E-state index in [2.05, 4.69) is 0 Å². The molecule has 3 aliphatic rings. The van der Waals surface area contributed by atoms with Crippen LogP contribution in [0.4, 0.5) is 0 Å². The largest absolute Gasteiger partial charge is 0.371 e. The van der Waals surface area contributed by atoms with Crippen molar-refractivity contribution in [2.75, 3.05) is 13.1 Å². The van der Waals surface area contributed by atoms with Gasteiger partial charge in [-0.15, -0.1) is 0 Å². The molecule has 2 aliphatic heterocycles. The molecule has 2 atom stereocenters. The minimum Gasteiger partial charge on any atom is -0.371 e. The Balaban J connectivity index is 1.70. The van der Waals surface area contributed by atoms with Crippen LogP contribution in [0.3, 0.4) is 0 Å². The van der Waals surface area contributed by atoms with Crippen molar-refractivity contribution in [2.45, 2.75) is 49.9 Å². The maximum Gasteiger partial charge on any atom is 0.242 e. The maximum absolute atomic E-state index is 12.2. The fourth-order valence-corrected chi connectivity index (χ4v) is 2.87. The van der Waals surface area contributed by atoms with Crippen molar-refractivity contribution in [3.63, 3.8) is 0 Å². The highest BCUT2D eigenvalue weighted by atomic mass is 16.5. The molecule has 1 amide bonds. The van der Waals surface area contributed by atoms with Crippen LogP contribution < -0.4 is 5.73 Å². The molecule has 0 aromatic heterocycles. The Morgan fingerprint density at radius 2 is 1.87 bits per heavy atom. The lowest BCUT2D eigenvalue weighted by Gasteiger charge is -2.42. The molecule has 3 rings (SSSR count). The van der Waals surface area contributed by atoms with Crippen LogP contribution in [-0.4, -0.2) is 41.6 Å². The van der Waals surface area contributed by atoms with Gasteiger partial charge in [0.2, 0.25) is 5.91 Å². The van der Waals surface area contributed by atoms with E-state index >= 15 is 0 Å². The Morgan fingerprint density at radius 3 is 2.33 bits per heavy atom. The van der Waals surface area contributed by atoms with Crippen LogP contribution in [0, 0.1) is 0 Å². The van der Waals surface area contributed by atoms with E-state index in [0.29, 0.717) is 0 Å². The van der Waals surface area contributed by atoms with Gasteiger partial charge in [0.05, 0.1) is 17.7 Å². The van der Waals surface area contributed by atoms with Crippen LogP contribution in [0.25, 0.3) is 0 Å². The average molecular weight is 210 g/mol. The molecule has 0 spiro atoms. The van der Waals surface area contributed by atoms with Gasteiger partial charge in [0.15, 0.2) is 0 Å². The number of ether oxygens (including phenoxy) is 1. The van der Waals surface area contributed by atoms with Gasteiger partial charge in [-0.25, -0.2) is 0 Å². The Morgan fingerprint density at radius 1 is 1.27 bits per heavy atom. The van der Waals surface area contributed by atoms with E-state index in [-0.39, 0.29) is 18.1 Å². The number of fused-ring (bicyclic) bond motifs is 2. The van der Waals surface area contributed by atoms with Gasteiger partial charge in [-0.2, -0.15) is 0 Å². The number of amides is 1. The first kappa shape index (κ1) is 9.60. The van der Waals surface area contributed by atoms with Gasteiger partial charge in [-0.05, 0) is 32.1 Å². The van der Waals surface area contributed by atoms with Crippen molar-refractivity contribution in [1.29, 1.82) is 0 Å².